The van der Waals surface area contributed by atoms with Gasteiger partial charge in [0, 0.05) is 25.3 Å². The van der Waals surface area contributed by atoms with Crippen molar-refractivity contribution in [1.29, 1.82) is 0 Å². The Bertz CT molecular complexity index is 994. The molecule has 4 rings (SSSR count). The Balaban J connectivity index is 1.79. The fourth-order valence-electron chi connectivity index (χ4n) is 3.78. The standard InChI is InChI=1S/C20H18N2O6S/c23-18(15-7-3-9-29-15)16-17(12-4-1-5-13(10-12)22(26)27)21(20(25)19(16)24)11-14-6-2-8-28-14/h1,3-5,7,9-10,14,17,24H,2,6,8,11H2/t14-,17-/m1/s1. The van der Waals surface area contributed by atoms with E-state index in [1.165, 1.54) is 34.4 Å². The average molecular weight is 414 g/mol. The lowest BCUT2D eigenvalue weighted by Gasteiger charge is -2.28. The molecule has 0 bridgehead atoms. The second-order valence-corrected chi connectivity index (χ2v) is 7.86. The number of nitrogens with zero attached hydrogens (tertiary/aromatic N) is 2. The van der Waals surface area contributed by atoms with Crippen LogP contribution in [0.1, 0.15) is 34.1 Å². The van der Waals surface area contributed by atoms with Gasteiger partial charge in [-0.15, -0.1) is 11.3 Å². The molecule has 8 nitrogen and oxygen atoms in total. The molecular weight excluding hydrogens is 396 g/mol. The Kier molecular flexibility index (Phi) is 5.16. The fraction of sp³-hybridized carbons (Fsp3) is 0.300. The van der Waals surface area contributed by atoms with Crippen LogP contribution in [-0.4, -0.2) is 45.9 Å². The van der Waals surface area contributed by atoms with Gasteiger partial charge < -0.3 is 14.7 Å². The second-order valence-electron chi connectivity index (χ2n) is 6.92. The molecule has 2 aliphatic rings. The van der Waals surface area contributed by atoms with Gasteiger partial charge in [-0.2, -0.15) is 0 Å². The minimum Gasteiger partial charge on any atom is -0.503 e. The maximum absolute atomic E-state index is 13.1. The molecule has 29 heavy (non-hydrogen) atoms. The highest BCUT2D eigenvalue weighted by atomic mass is 32.1. The fourth-order valence-corrected chi connectivity index (χ4v) is 4.45. The molecule has 0 spiro atoms. The molecule has 0 saturated carbocycles. The van der Waals surface area contributed by atoms with Crippen LogP contribution in [-0.2, 0) is 9.53 Å². The number of hydrogen-bond donors (Lipinski definition) is 1. The molecule has 2 aromatic rings. The zero-order valence-electron chi connectivity index (χ0n) is 15.3. The van der Waals surface area contributed by atoms with E-state index >= 15 is 0 Å². The Labute approximate surface area is 170 Å². The minimum absolute atomic E-state index is 0.0593. The Morgan fingerprint density at radius 2 is 2.17 bits per heavy atom. The average Bonchev–Trinajstić information content (AvgIpc) is 3.46. The van der Waals surface area contributed by atoms with Gasteiger partial charge in [-0.3, -0.25) is 19.7 Å². The van der Waals surface area contributed by atoms with Crippen molar-refractivity contribution in [3.8, 4) is 0 Å². The summed E-state index contributed by atoms with van der Waals surface area (Å²) in [6, 6.07) is 8.21. The topological polar surface area (TPSA) is 110 Å². The quantitative estimate of drug-likeness (QED) is 0.441. The maximum atomic E-state index is 13.1. The number of aliphatic hydroxyl groups is 1. The highest BCUT2D eigenvalue weighted by Gasteiger charge is 2.45. The van der Waals surface area contributed by atoms with Gasteiger partial charge in [0.15, 0.2) is 5.76 Å². The molecule has 2 atom stereocenters. The summed E-state index contributed by atoms with van der Waals surface area (Å²) in [6.07, 6.45) is 1.43. The number of carbonyl (C=O) groups excluding carboxylic acids is 2. The van der Waals surface area contributed by atoms with Crippen LogP contribution in [0.2, 0.25) is 0 Å². The predicted molar refractivity (Wildman–Crippen MR) is 105 cm³/mol. The number of carbonyl (C=O) groups is 2. The Morgan fingerprint density at radius 3 is 2.83 bits per heavy atom. The van der Waals surface area contributed by atoms with Crippen molar-refractivity contribution in [2.45, 2.75) is 25.0 Å². The van der Waals surface area contributed by atoms with Gasteiger partial charge in [-0.25, -0.2) is 0 Å². The number of thiophene rings is 1. The third-order valence-corrected chi connectivity index (χ3v) is 5.98. The predicted octanol–water partition coefficient (Wildman–Crippen LogP) is 3.41. The van der Waals surface area contributed by atoms with E-state index in [2.05, 4.69) is 0 Å². The molecule has 150 valence electrons. The van der Waals surface area contributed by atoms with E-state index in [0.29, 0.717) is 17.0 Å². The number of benzene rings is 1. The number of non-ortho nitro benzene ring substituents is 1. The molecule has 1 N–H and O–H groups in total. The van der Waals surface area contributed by atoms with Gasteiger partial charge in [0.2, 0.25) is 5.78 Å². The zero-order chi connectivity index (χ0) is 20.5. The summed E-state index contributed by atoms with van der Waals surface area (Å²) in [5.41, 5.74) is 0.187. The van der Waals surface area contributed by atoms with Gasteiger partial charge in [-0.05, 0) is 29.9 Å². The van der Waals surface area contributed by atoms with Crippen molar-refractivity contribution in [3.05, 3.63) is 73.7 Å². The number of ketones is 1. The number of rotatable bonds is 6. The molecule has 3 heterocycles. The van der Waals surface area contributed by atoms with Crippen LogP contribution in [0.4, 0.5) is 5.69 Å². The molecule has 1 fully saturated rings. The number of nitro benzene ring substituents is 1. The molecule has 0 radical (unpaired) electrons. The van der Waals surface area contributed by atoms with Gasteiger partial charge in [0.1, 0.15) is 0 Å². The van der Waals surface area contributed by atoms with Crippen LogP contribution in [0.5, 0.6) is 0 Å². The van der Waals surface area contributed by atoms with E-state index in [1.54, 1.807) is 23.6 Å². The number of nitro groups is 1. The zero-order valence-corrected chi connectivity index (χ0v) is 16.1. The molecule has 1 aromatic carbocycles. The number of Topliss-reactive ketones (excluding diaryl/α,β-unsaturated/α-hetero) is 1. The lowest BCUT2D eigenvalue weighted by Crippen LogP contribution is -2.37. The van der Waals surface area contributed by atoms with Gasteiger partial charge in [0.25, 0.3) is 11.6 Å². The summed E-state index contributed by atoms with van der Waals surface area (Å²) < 4.78 is 5.63. The van der Waals surface area contributed by atoms with Gasteiger partial charge >= 0.3 is 0 Å². The van der Waals surface area contributed by atoms with Crippen molar-refractivity contribution >= 4 is 28.7 Å². The van der Waals surface area contributed by atoms with Crippen molar-refractivity contribution in [2.75, 3.05) is 13.2 Å². The third kappa shape index (κ3) is 3.54. The SMILES string of the molecule is O=C(C1=C(O)C(=O)N(C[C@H]2CCCO2)[C@@H]1c1cccc([N+](=O)[O-])c1)c1cccs1. The van der Waals surface area contributed by atoms with Crippen molar-refractivity contribution < 1.29 is 24.4 Å². The van der Waals surface area contributed by atoms with E-state index in [9.17, 15) is 24.8 Å². The Hall–Kier alpha value is -3.04. The summed E-state index contributed by atoms with van der Waals surface area (Å²) in [5, 5.41) is 23.5. The van der Waals surface area contributed by atoms with Crippen LogP contribution < -0.4 is 0 Å². The van der Waals surface area contributed by atoms with E-state index in [-0.39, 0.29) is 23.9 Å². The first kappa shape index (κ1) is 19.3. The van der Waals surface area contributed by atoms with E-state index in [4.69, 9.17) is 4.74 Å². The third-order valence-electron chi connectivity index (χ3n) is 5.11. The van der Waals surface area contributed by atoms with Crippen LogP contribution in [0.3, 0.4) is 0 Å². The first-order valence-electron chi connectivity index (χ1n) is 9.15. The molecule has 2 aliphatic heterocycles. The van der Waals surface area contributed by atoms with Crippen molar-refractivity contribution in [3.63, 3.8) is 0 Å². The molecular formula is C20H18N2O6S. The number of ether oxygens (including phenoxy) is 1. The smallest absolute Gasteiger partial charge is 0.290 e. The Morgan fingerprint density at radius 1 is 1.34 bits per heavy atom. The van der Waals surface area contributed by atoms with Gasteiger partial charge in [-0.1, -0.05) is 18.2 Å². The van der Waals surface area contributed by atoms with Crippen LogP contribution in [0.25, 0.3) is 0 Å². The summed E-state index contributed by atoms with van der Waals surface area (Å²) in [7, 11) is 0. The molecule has 9 heteroatoms. The summed E-state index contributed by atoms with van der Waals surface area (Å²) >= 11 is 1.20. The normalized spacial score (nSPS) is 21.8. The van der Waals surface area contributed by atoms with E-state index < -0.39 is 28.4 Å². The monoisotopic (exact) mass is 414 g/mol. The van der Waals surface area contributed by atoms with Gasteiger partial charge in [0.05, 0.1) is 27.5 Å². The van der Waals surface area contributed by atoms with Crippen molar-refractivity contribution in [1.82, 2.24) is 4.90 Å². The largest absolute Gasteiger partial charge is 0.503 e. The molecule has 0 aliphatic carbocycles. The highest BCUT2D eigenvalue weighted by molar-refractivity contribution is 7.12. The van der Waals surface area contributed by atoms with Crippen LogP contribution in [0.15, 0.2) is 53.1 Å². The summed E-state index contributed by atoms with van der Waals surface area (Å²) in [4.78, 5) is 38.4. The van der Waals surface area contributed by atoms with E-state index in [1.807, 2.05) is 0 Å². The van der Waals surface area contributed by atoms with Crippen molar-refractivity contribution in [2.24, 2.45) is 0 Å². The lowest BCUT2D eigenvalue weighted by molar-refractivity contribution is -0.384. The number of aliphatic hydroxyl groups excluding tert-OH is 1. The molecule has 1 aromatic heterocycles. The highest BCUT2D eigenvalue weighted by Crippen LogP contribution is 2.40. The molecule has 0 unspecified atom stereocenters. The van der Waals surface area contributed by atoms with Crippen LogP contribution >= 0.6 is 11.3 Å². The molecule has 1 amide bonds. The number of hydrogen-bond acceptors (Lipinski definition) is 7. The van der Waals surface area contributed by atoms with Crippen LogP contribution in [0, 0.1) is 10.1 Å². The van der Waals surface area contributed by atoms with E-state index in [0.717, 1.165) is 12.8 Å². The maximum Gasteiger partial charge on any atom is 0.290 e. The first-order chi connectivity index (χ1) is 14.0. The number of amides is 1. The second kappa shape index (κ2) is 7.76. The summed E-state index contributed by atoms with van der Waals surface area (Å²) in [5.74, 6) is -1.74. The lowest BCUT2D eigenvalue weighted by atomic mass is 9.95. The minimum atomic E-state index is -0.916. The summed E-state index contributed by atoms with van der Waals surface area (Å²) in [6.45, 7) is 0.784. The first-order valence-corrected chi connectivity index (χ1v) is 10.0. The molecule has 1 saturated heterocycles.